The zero-order chi connectivity index (χ0) is 59.8. The molecule has 0 radical (unpaired) electrons. The van der Waals surface area contributed by atoms with Crippen molar-refractivity contribution in [3.63, 3.8) is 0 Å². The molecule has 1 unspecified atom stereocenters. The lowest BCUT2D eigenvalue weighted by atomic mass is 10.0. The molecule has 0 saturated heterocycles. The third-order valence-electron chi connectivity index (χ3n) is 15.5. The van der Waals surface area contributed by atoms with Gasteiger partial charge in [0.25, 0.3) is 0 Å². The van der Waals surface area contributed by atoms with Crippen LogP contribution in [0.25, 0.3) is 0 Å². The predicted octanol–water partition coefficient (Wildman–Crippen LogP) is 24.9. The molecule has 0 aromatic carbocycles. The number of carbonyl (C=O) groups excluding carboxylic acids is 2. The minimum atomic E-state index is -0.794. The summed E-state index contributed by atoms with van der Waals surface area (Å²) in [6.45, 7) is 4.04. The summed E-state index contributed by atoms with van der Waals surface area (Å²) in [6.07, 6.45) is 107. The summed E-state index contributed by atoms with van der Waals surface area (Å²) in [5.74, 6) is -0.614. The molecule has 1 N–H and O–H groups in total. The van der Waals surface area contributed by atoms with Crippen molar-refractivity contribution in [3.05, 3.63) is 122 Å². The zero-order valence-corrected chi connectivity index (χ0v) is 54.7. The van der Waals surface area contributed by atoms with E-state index in [4.69, 9.17) is 9.47 Å². The quantitative estimate of drug-likeness (QED) is 0.0373. The van der Waals surface area contributed by atoms with Gasteiger partial charge in [0.15, 0.2) is 6.10 Å². The van der Waals surface area contributed by atoms with E-state index in [2.05, 4.69) is 135 Å². The van der Waals surface area contributed by atoms with Crippen LogP contribution in [0.15, 0.2) is 122 Å². The fourth-order valence-electron chi connectivity index (χ4n) is 10.2. The van der Waals surface area contributed by atoms with Crippen molar-refractivity contribution in [1.82, 2.24) is 0 Å². The molecule has 0 rings (SSSR count). The first-order valence-corrected chi connectivity index (χ1v) is 35.6. The Bertz CT molecular complexity index is 1640. The number of aliphatic hydroxyl groups excluding tert-OH is 1. The number of carbonyl (C=O) groups is 2. The lowest BCUT2D eigenvalue weighted by Crippen LogP contribution is -2.28. The summed E-state index contributed by atoms with van der Waals surface area (Å²) >= 11 is 0. The van der Waals surface area contributed by atoms with Crippen molar-refractivity contribution in [2.24, 2.45) is 0 Å². The first kappa shape index (κ1) is 79.3. The Labute approximate surface area is 515 Å². The molecule has 1 atom stereocenters. The number of ether oxygens (including phenoxy) is 2. The summed E-state index contributed by atoms with van der Waals surface area (Å²) in [5.41, 5.74) is 0. The highest BCUT2D eigenvalue weighted by molar-refractivity contribution is 5.70. The Kier molecular flexibility index (Phi) is 69.3. The van der Waals surface area contributed by atoms with Gasteiger partial charge in [0.1, 0.15) is 6.61 Å². The van der Waals surface area contributed by atoms with E-state index in [0.29, 0.717) is 12.8 Å². The van der Waals surface area contributed by atoms with E-state index >= 15 is 0 Å². The van der Waals surface area contributed by atoms with E-state index in [1.165, 1.54) is 199 Å². The fourth-order valence-corrected chi connectivity index (χ4v) is 10.2. The van der Waals surface area contributed by atoms with Gasteiger partial charge in [0.05, 0.1) is 6.61 Å². The first-order valence-electron chi connectivity index (χ1n) is 35.6. The lowest BCUT2D eigenvalue weighted by Gasteiger charge is -2.15. The Morgan fingerprint density at radius 1 is 0.289 bits per heavy atom. The van der Waals surface area contributed by atoms with Crippen molar-refractivity contribution in [2.45, 2.75) is 347 Å². The highest BCUT2D eigenvalue weighted by atomic mass is 16.6. The van der Waals surface area contributed by atoms with Crippen LogP contribution >= 0.6 is 0 Å². The second-order valence-corrected chi connectivity index (χ2v) is 23.6. The van der Waals surface area contributed by atoms with Crippen molar-refractivity contribution in [1.29, 1.82) is 0 Å². The minimum Gasteiger partial charge on any atom is -0.462 e. The largest absolute Gasteiger partial charge is 0.462 e. The van der Waals surface area contributed by atoms with Crippen LogP contribution < -0.4 is 0 Å². The van der Waals surface area contributed by atoms with E-state index in [0.717, 1.165) is 116 Å². The second-order valence-electron chi connectivity index (χ2n) is 23.6. The van der Waals surface area contributed by atoms with E-state index in [-0.39, 0.29) is 25.2 Å². The van der Waals surface area contributed by atoms with Gasteiger partial charge < -0.3 is 14.6 Å². The molecular formula is C78H134O5. The Morgan fingerprint density at radius 3 is 0.783 bits per heavy atom. The molecule has 0 saturated carbocycles. The Hall–Kier alpha value is -3.70. The van der Waals surface area contributed by atoms with Crippen molar-refractivity contribution in [3.8, 4) is 0 Å². The van der Waals surface area contributed by atoms with Gasteiger partial charge in [0, 0.05) is 12.8 Å². The van der Waals surface area contributed by atoms with Gasteiger partial charge >= 0.3 is 11.9 Å². The summed E-state index contributed by atoms with van der Waals surface area (Å²) in [6, 6.07) is 0. The van der Waals surface area contributed by atoms with Gasteiger partial charge in [-0.05, 0) is 89.9 Å². The van der Waals surface area contributed by atoms with Gasteiger partial charge in [-0.25, -0.2) is 0 Å². The highest BCUT2D eigenvalue weighted by Gasteiger charge is 2.16. The molecule has 0 aromatic rings. The summed E-state index contributed by atoms with van der Waals surface area (Å²) in [7, 11) is 0. The molecule has 476 valence electrons. The molecule has 0 spiro atoms. The SMILES string of the molecule is CC/C=C\C/C=C\C/C=C\C/C=C\C/C=C\C/C=C\C/C=C\C/C=C\C/C=C\C/C=C\CCCCCCC(=O)OC(CO)COC(=O)CCCCCCCCCCCCCCCCCCCCCCCCCCCCCCCCCCCC. The zero-order valence-electron chi connectivity index (χ0n) is 54.7. The monoisotopic (exact) mass is 1150 g/mol. The van der Waals surface area contributed by atoms with Crippen LogP contribution in [-0.4, -0.2) is 36.4 Å². The van der Waals surface area contributed by atoms with Crippen molar-refractivity contribution < 1.29 is 24.2 Å². The van der Waals surface area contributed by atoms with E-state index in [1.54, 1.807) is 0 Å². The predicted molar refractivity (Wildman–Crippen MR) is 366 cm³/mol. The third-order valence-corrected chi connectivity index (χ3v) is 15.5. The van der Waals surface area contributed by atoms with Crippen LogP contribution in [0.3, 0.4) is 0 Å². The Morgan fingerprint density at radius 2 is 0.518 bits per heavy atom. The van der Waals surface area contributed by atoms with Crippen LogP contribution in [-0.2, 0) is 19.1 Å². The summed E-state index contributed by atoms with van der Waals surface area (Å²) < 4.78 is 10.7. The Balaban J connectivity index is 3.53. The number of aliphatic hydroxyl groups is 1. The third kappa shape index (κ3) is 70.7. The molecule has 0 aromatic heterocycles. The molecule has 0 amide bonds. The van der Waals surface area contributed by atoms with Crippen LogP contribution in [0.4, 0.5) is 0 Å². The highest BCUT2D eigenvalue weighted by Crippen LogP contribution is 2.18. The molecular weight excluding hydrogens is 1020 g/mol. The summed E-state index contributed by atoms with van der Waals surface area (Å²) in [4.78, 5) is 24.6. The first-order chi connectivity index (χ1) is 41.1. The topological polar surface area (TPSA) is 72.8 Å². The molecule has 5 nitrogen and oxygen atoms in total. The van der Waals surface area contributed by atoms with Gasteiger partial charge in [-0.1, -0.05) is 360 Å². The number of hydrogen-bond acceptors (Lipinski definition) is 5. The van der Waals surface area contributed by atoms with E-state index in [9.17, 15) is 14.7 Å². The van der Waals surface area contributed by atoms with Crippen LogP contribution in [0.1, 0.15) is 341 Å². The number of rotatable bonds is 65. The number of allylic oxidation sites excluding steroid dienone is 20. The van der Waals surface area contributed by atoms with Crippen LogP contribution in [0, 0.1) is 0 Å². The van der Waals surface area contributed by atoms with Gasteiger partial charge in [-0.2, -0.15) is 0 Å². The van der Waals surface area contributed by atoms with Crippen molar-refractivity contribution in [2.75, 3.05) is 13.2 Å². The molecule has 83 heavy (non-hydrogen) atoms. The molecule has 0 aliphatic heterocycles. The van der Waals surface area contributed by atoms with E-state index < -0.39 is 6.10 Å². The smallest absolute Gasteiger partial charge is 0.306 e. The number of esters is 2. The van der Waals surface area contributed by atoms with Gasteiger partial charge in [0.2, 0.25) is 0 Å². The average molecular weight is 1150 g/mol. The van der Waals surface area contributed by atoms with E-state index in [1.807, 2.05) is 0 Å². The lowest BCUT2D eigenvalue weighted by molar-refractivity contribution is -0.161. The van der Waals surface area contributed by atoms with Gasteiger partial charge in [-0.15, -0.1) is 0 Å². The maximum atomic E-state index is 12.4. The molecule has 0 fully saturated rings. The fraction of sp³-hybridized carbons (Fsp3) is 0.718. The standard InChI is InChI=1S/C78H134O5/c1-3-5-7-9-11-13-15-17-19-21-23-25-27-29-31-33-35-37-39-41-43-45-47-49-51-53-55-57-59-61-63-65-67-69-71-73-78(81)83-76(74-79)75-82-77(80)72-70-68-66-64-62-60-58-56-54-52-50-48-46-44-42-40-38-36-34-32-30-28-26-24-22-20-18-16-14-12-10-8-6-4-2/h5,7,11,13,17,19,23,25,29,31,35,37,41,43,47,49,53,55,59,61,76,79H,3-4,6,8-10,12,14-16,18,20-22,24,26-28,30,32-34,36,38-40,42,44-46,48,50-52,54,56-58,60,62-75H2,1-2H3/b7-5-,13-11-,19-17-,25-23-,31-29-,37-35-,43-41-,49-47-,55-53-,61-59-. The van der Waals surface area contributed by atoms with Gasteiger partial charge in [-0.3, -0.25) is 9.59 Å². The number of hydrogen-bond donors (Lipinski definition) is 1. The minimum absolute atomic E-state index is 0.0800. The van der Waals surface area contributed by atoms with Crippen LogP contribution in [0.2, 0.25) is 0 Å². The molecule has 0 aliphatic rings. The maximum absolute atomic E-state index is 12.4. The molecule has 0 bridgehead atoms. The second kappa shape index (κ2) is 72.6. The normalized spacial score (nSPS) is 13.0. The average Bonchev–Trinajstić information content (AvgIpc) is 3.49. The summed E-state index contributed by atoms with van der Waals surface area (Å²) in [5, 5.41) is 9.70. The van der Waals surface area contributed by atoms with Crippen molar-refractivity contribution >= 4 is 11.9 Å². The molecule has 5 heteroatoms. The molecule has 0 aliphatic carbocycles. The molecule has 0 heterocycles. The number of unbranched alkanes of at least 4 members (excludes halogenated alkanes) is 37. The maximum Gasteiger partial charge on any atom is 0.306 e. The van der Waals surface area contributed by atoms with Crippen LogP contribution in [0.5, 0.6) is 0 Å².